The molecule has 0 aliphatic carbocycles. The van der Waals surface area contributed by atoms with Crippen molar-refractivity contribution in [1.29, 1.82) is 0 Å². The minimum absolute atomic E-state index is 0. The molecule has 0 unspecified atom stereocenters. The Morgan fingerprint density at radius 2 is 1.83 bits per heavy atom. The molecular formula is C17H37IN4O. The van der Waals surface area contributed by atoms with E-state index in [-0.39, 0.29) is 24.0 Å². The van der Waals surface area contributed by atoms with E-state index < -0.39 is 0 Å². The van der Waals surface area contributed by atoms with E-state index in [0.29, 0.717) is 18.0 Å². The monoisotopic (exact) mass is 440 g/mol. The highest BCUT2D eigenvalue weighted by Crippen LogP contribution is 2.12. The molecule has 0 aromatic rings. The van der Waals surface area contributed by atoms with Crippen molar-refractivity contribution in [2.24, 2.45) is 10.9 Å². The molecule has 0 saturated carbocycles. The highest BCUT2D eigenvalue weighted by molar-refractivity contribution is 14.0. The van der Waals surface area contributed by atoms with Crippen molar-refractivity contribution in [3.05, 3.63) is 0 Å². The lowest BCUT2D eigenvalue weighted by Crippen LogP contribution is -2.50. The van der Waals surface area contributed by atoms with E-state index in [4.69, 9.17) is 4.74 Å². The molecule has 0 aromatic heterocycles. The number of rotatable bonds is 8. The number of nitrogens with one attached hydrogen (secondary N) is 2. The van der Waals surface area contributed by atoms with Crippen LogP contribution in [0.3, 0.4) is 0 Å². The van der Waals surface area contributed by atoms with E-state index in [2.05, 4.69) is 48.2 Å². The molecule has 1 aliphatic heterocycles. The van der Waals surface area contributed by atoms with Gasteiger partial charge in [-0.2, -0.15) is 0 Å². The minimum atomic E-state index is 0. The van der Waals surface area contributed by atoms with E-state index in [1.807, 2.05) is 7.05 Å². The highest BCUT2D eigenvalue weighted by Gasteiger charge is 2.21. The van der Waals surface area contributed by atoms with Crippen LogP contribution in [0.25, 0.3) is 0 Å². The van der Waals surface area contributed by atoms with Crippen LogP contribution in [-0.4, -0.2) is 62.8 Å². The molecule has 1 aliphatic rings. The quantitative estimate of drug-likeness (QED) is 0.264. The van der Waals surface area contributed by atoms with Crippen molar-refractivity contribution >= 4 is 29.9 Å². The third-order valence-corrected chi connectivity index (χ3v) is 4.20. The maximum atomic E-state index is 5.62. The number of ether oxygens (including phenoxy) is 1. The number of guanidine groups is 1. The lowest BCUT2D eigenvalue weighted by molar-refractivity contribution is 0.127. The van der Waals surface area contributed by atoms with Crippen LogP contribution in [0.15, 0.2) is 4.99 Å². The third-order valence-electron chi connectivity index (χ3n) is 4.20. The fourth-order valence-corrected chi connectivity index (χ4v) is 2.61. The second-order valence-corrected chi connectivity index (χ2v) is 6.84. The normalized spacial score (nSPS) is 17.4. The first-order valence-corrected chi connectivity index (χ1v) is 8.82. The predicted molar refractivity (Wildman–Crippen MR) is 110 cm³/mol. The number of likely N-dealkylation sites (tertiary alicyclic amines) is 1. The molecule has 0 atom stereocenters. The van der Waals surface area contributed by atoms with Gasteiger partial charge in [-0.05, 0) is 39.0 Å². The van der Waals surface area contributed by atoms with Crippen molar-refractivity contribution in [3.8, 4) is 0 Å². The molecule has 0 aromatic carbocycles. The van der Waals surface area contributed by atoms with Crippen LogP contribution >= 0.6 is 24.0 Å². The Morgan fingerprint density at radius 1 is 1.17 bits per heavy atom. The van der Waals surface area contributed by atoms with Gasteiger partial charge in [0.2, 0.25) is 0 Å². The number of nitrogens with zero attached hydrogens (tertiary/aromatic N) is 2. The van der Waals surface area contributed by atoms with Gasteiger partial charge in [-0.1, -0.05) is 13.8 Å². The third kappa shape index (κ3) is 10.4. The summed E-state index contributed by atoms with van der Waals surface area (Å²) in [6.07, 6.45) is 3.49. The Bertz CT molecular complexity index is 316. The zero-order chi connectivity index (χ0) is 16.4. The summed E-state index contributed by atoms with van der Waals surface area (Å²) >= 11 is 0. The SMILES string of the molecule is CN=C(NCCOCCC(C)C)NC1CCN(C(C)C)CC1.I. The highest BCUT2D eigenvalue weighted by atomic mass is 127. The van der Waals surface area contributed by atoms with Gasteiger partial charge in [0.15, 0.2) is 5.96 Å². The number of halogens is 1. The van der Waals surface area contributed by atoms with E-state index in [1.165, 1.54) is 25.9 Å². The molecule has 138 valence electrons. The van der Waals surface area contributed by atoms with Gasteiger partial charge in [0.05, 0.1) is 6.61 Å². The van der Waals surface area contributed by atoms with Gasteiger partial charge in [0.1, 0.15) is 0 Å². The van der Waals surface area contributed by atoms with Crippen molar-refractivity contribution in [1.82, 2.24) is 15.5 Å². The number of aliphatic imine (C=N–C) groups is 1. The Morgan fingerprint density at radius 3 is 2.35 bits per heavy atom. The van der Waals surface area contributed by atoms with Crippen LogP contribution < -0.4 is 10.6 Å². The fourth-order valence-electron chi connectivity index (χ4n) is 2.61. The van der Waals surface area contributed by atoms with Gasteiger partial charge in [0.25, 0.3) is 0 Å². The molecular weight excluding hydrogens is 403 g/mol. The molecule has 0 bridgehead atoms. The van der Waals surface area contributed by atoms with Crippen LogP contribution in [0.1, 0.15) is 47.0 Å². The van der Waals surface area contributed by atoms with Crippen LogP contribution in [-0.2, 0) is 4.74 Å². The second kappa shape index (κ2) is 13.2. The van der Waals surface area contributed by atoms with Crippen LogP contribution in [0, 0.1) is 5.92 Å². The summed E-state index contributed by atoms with van der Waals surface area (Å²) in [6, 6.07) is 1.18. The van der Waals surface area contributed by atoms with E-state index in [1.54, 1.807) is 0 Å². The summed E-state index contributed by atoms with van der Waals surface area (Å²) in [6.45, 7) is 13.7. The summed E-state index contributed by atoms with van der Waals surface area (Å²) in [7, 11) is 1.83. The largest absolute Gasteiger partial charge is 0.380 e. The van der Waals surface area contributed by atoms with Gasteiger partial charge in [-0.25, -0.2) is 0 Å². The molecule has 0 radical (unpaired) electrons. The fraction of sp³-hybridized carbons (Fsp3) is 0.941. The standard InChI is InChI=1S/C17H36N4O.HI/c1-14(2)8-12-22-13-9-19-17(18-5)20-16-6-10-21(11-7-16)15(3)4;/h14-16H,6-13H2,1-5H3,(H2,18,19,20);1H. The van der Waals surface area contributed by atoms with Gasteiger partial charge >= 0.3 is 0 Å². The maximum Gasteiger partial charge on any atom is 0.191 e. The first-order chi connectivity index (χ1) is 10.5. The molecule has 0 amide bonds. The Balaban J connectivity index is 0.00000484. The summed E-state index contributed by atoms with van der Waals surface area (Å²) in [5.74, 6) is 1.61. The number of hydrogen-bond donors (Lipinski definition) is 2. The molecule has 1 heterocycles. The topological polar surface area (TPSA) is 48.9 Å². The van der Waals surface area contributed by atoms with Crippen molar-refractivity contribution in [2.45, 2.75) is 59.0 Å². The average molecular weight is 440 g/mol. The van der Waals surface area contributed by atoms with Crippen molar-refractivity contribution < 1.29 is 4.74 Å². The lowest BCUT2D eigenvalue weighted by Gasteiger charge is -2.35. The van der Waals surface area contributed by atoms with Crippen molar-refractivity contribution in [2.75, 3.05) is 39.9 Å². The Hall–Kier alpha value is -0.0800. The molecule has 5 nitrogen and oxygen atoms in total. The van der Waals surface area contributed by atoms with Crippen LogP contribution in [0.5, 0.6) is 0 Å². The zero-order valence-corrected chi connectivity index (χ0v) is 17.9. The smallest absolute Gasteiger partial charge is 0.191 e. The van der Waals surface area contributed by atoms with E-state index in [0.717, 1.165) is 32.1 Å². The number of hydrogen-bond acceptors (Lipinski definition) is 3. The summed E-state index contributed by atoms with van der Waals surface area (Å²) in [5.41, 5.74) is 0. The van der Waals surface area contributed by atoms with Crippen LogP contribution in [0.4, 0.5) is 0 Å². The minimum Gasteiger partial charge on any atom is -0.380 e. The van der Waals surface area contributed by atoms with Crippen molar-refractivity contribution in [3.63, 3.8) is 0 Å². The molecule has 23 heavy (non-hydrogen) atoms. The average Bonchev–Trinajstić information content (AvgIpc) is 2.49. The molecule has 1 saturated heterocycles. The number of piperidine rings is 1. The summed E-state index contributed by atoms with van der Waals surface area (Å²) < 4.78 is 5.62. The predicted octanol–water partition coefficient (Wildman–Crippen LogP) is 2.70. The first kappa shape index (κ1) is 22.9. The molecule has 0 spiro atoms. The second-order valence-electron chi connectivity index (χ2n) is 6.84. The Kier molecular flexibility index (Phi) is 13.2. The first-order valence-electron chi connectivity index (χ1n) is 8.82. The van der Waals surface area contributed by atoms with E-state index in [9.17, 15) is 0 Å². The maximum absolute atomic E-state index is 5.62. The van der Waals surface area contributed by atoms with Gasteiger partial charge in [0, 0.05) is 45.4 Å². The molecule has 6 heteroatoms. The lowest BCUT2D eigenvalue weighted by atomic mass is 10.0. The van der Waals surface area contributed by atoms with E-state index >= 15 is 0 Å². The molecule has 2 N–H and O–H groups in total. The summed E-state index contributed by atoms with van der Waals surface area (Å²) in [4.78, 5) is 6.85. The van der Waals surface area contributed by atoms with Crippen LogP contribution in [0.2, 0.25) is 0 Å². The zero-order valence-electron chi connectivity index (χ0n) is 15.6. The van der Waals surface area contributed by atoms with Gasteiger partial charge in [-0.3, -0.25) is 4.99 Å². The van der Waals surface area contributed by atoms with Gasteiger partial charge in [-0.15, -0.1) is 24.0 Å². The molecule has 1 rings (SSSR count). The molecule has 1 fully saturated rings. The Labute approximate surface area is 160 Å². The van der Waals surface area contributed by atoms with Gasteiger partial charge < -0.3 is 20.3 Å². The summed E-state index contributed by atoms with van der Waals surface area (Å²) in [5, 5.41) is 6.87.